The van der Waals surface area contributed by atoms with Gasteiger partial charge in [-0.1, -0.05) is 90.0 Å². The van der Waals surface area contributed by atoms with Crippen molar-refractivity contribution in [1.82, 2.24) is 4.40 Å². The summed E-state index contributed by atoms with van der Waals surface area (Å²) in [4.78, 5) is 4.82. The molecule has 0 aliphatic heterocycles. The van der Waals surface area contributed by atoms with Gasteiger partial charge in [-0.3, -0.25) is 0 Å². The number of hydrogen-bond donors (Lipinski definition) is 0. The van der Waals surface area contributed by atoms with E-state index in [1.54, 1.807) is 0 Å². The molecule has 3 nitrogen and oxygen atoms in total. The number of aromatic nitrogens is 1. The quantitative estimate of drug-likeness (QED) is 0.167. The van der Waals surface area contributed by atoms with E-state index >= 15 is 0 Å². The van der Waals surface area contributed by atoms with E-state index in [1.807, 2.05) is 0 Å². The van der Waals surface area contributed by atoms with Gasteiger partial charge in [-0.25, -0.2) is 0 Å². The number of hydrogen-bond acceptors (Lipinski definition) is 2. The Labute approximate surface area is 345 Å². The summed E-state index contributed by atoms with van der Waals surface area (Å²) in [6.07, 6.45) is 0. The fourth-order valence-electron chi connectivity index (χ4n) is 9.38. The summed E-state index contributed by atoms with van der Waals surface area (Å²) >= 11 is 0. The molecule has 0 radical (unpaired) electrons. The third kappa shape index (κ3) is 5.64. The molecule has 0 saturated heterocycles. The Morgan fingerprint density at radius 2 is 0.729 bits per heavy atom. The van der Waals surface area contributed by atoms with E-state index in [2.05, 4.69) is 220 Å². The van der Waals surface area contributed by atoms with E-state index < -0.39 is 0 Å². The van der Waals surface area contributed by atoms with Gasteiger partial charge in [0.25, 0.3) is 0 Å². The monoisotopic (exact) mass is 759 g/mol. The maximum atomic E-state index is 2.53. The van der Waals surface area contributed by atoms with Crippen molar-refractivity contribution in [2.75, 3.05) is 9.80 Å². The summed E-state index contributed by atoms with van der Waals surface area (Å²) in [6.45, 7) is 13.1. The summed E-state index contributed by atoms with van der Waals surface area (Å²) in [5.74, 6) is 0. The largest absolute Gasteiger partial charge is 0.310 e. The summed E-state index contributed by atoms with van der Waals surface area (Å²) in [5.41, 5.74) is 18.2. The molecular weight excluding hydrogens is 715 g/mol. The minimum absolute atomic E-state index is 1.15. The van der Waals surface area contributed by atoms with Gasteiger partial charge in [0.1, 0.15) is 0 Å². The number of anilines is 6. The number of rotatable bonds is 6. The van der Waals surface area contributed by atoms with Crippen LogP contribution in [0.15, 0.2) is 164 Å². The van der Waals surface area contributed by atoms with Crippen LogP contribution in [0.5, 0.6) is 0 Å². The molecule has 0 aliphatic carbocycles. The second-order valence-electron chi connectivity index (χ2n) is 16.8. The molecule has 0 amide bonds. The van der Waals surface area contributed by atoms with Gasteiger partial charge in [-0.15, -0.1) is 0 Å². The molecule has 0 unspecified atom stereocenters. The third-order valence-corrected chi connectivity index (χ3v) is 12.5. The number of fused-ring (bicyclic) bond motifs is 8. The second kappa shape index (κ2) is 13.2. The van der Waals surface area contributed by atoms with Crippen LogP contribution < -0.4 is 9.80 Å². The molecule has 0 N–H and O–H groups in total. The van der Waals surface area contributed by atoms with E-state index in [9.17, 15) is 0 Å². The van der Waals surface area contributed by atoms with Crippen molar-refractivity contribution in [2.24, 2.45) is 0 Å². The van der Waals surface area contributed by atoms with E-state index in [1.165, 1.54) is 104 Å². The highest BCUT2D eigenvalue weighted by Crippen LogP contribution is 2.45. The lowest BCUT2D eigenvalue weighted by atomic mass is 10.0. The number of nitrogens with zero attached hydrogens (tertiary/aromatic N) is 3. The molecule has 284 valence electrons. The van der Waals surface area contributed by atoms with Crippen LogP contribution in [0.25, 0.3) is 59.6 Å². The smallest absolute Gasteiger partial charge is 0.0620 e. The van der Waals surface area contributed by atoms with Crippen LogP contribution in [0.1, 0.15) is 33.4 Å². The van der Waals surface area contributed by atoms with Crippen LogP contribution in [0, 0.1) is 41.5 Å². The van der Waals surface area contributed by atoms with Crippen molar-refractivity contribution in [1.29, 1.82) is 0 Å². The molecule has 0 fully saturated rings. The van der Waals surface area contributed by atoms with Crippen LogP contribution >= 0.6 is 0 Å². The molecule has 3 heteroatoms. The van der Waals surface area contributed by atoms with Gasteiger partial charge in [0.05, 0.1) is 16.6 Å². The van der Waals surface area contributed by atoms with Crippen molar-refractivity contribution in [3.8, 4) is 0 Å². The highest BCUT2D eigenvalue weighted by atomic mass is 15.1. The predicted octanol–water partition coefficient (Wildman–Crippen LogP) is 15.9. The molecule has 0 spiro atoms. The molecular formula is C56H45N3. The lowest BCUT2D eigenvalue weighted by Crippen LogP contribution is -2.11. The minimum atomic E-state index is 1.15. The third-order valence-electron chi connectivity index (χ3n) is 12.5. The standard InChI is InChI=1S/C56H45N3/c1-34-12-20-44(21-13-34)57(52-26-36(3)10-16-38(52)5)46-24-18-40-30-50-48-8-7-9-49-51-31-41-19-25-47(29-43(41)33-55(51)59(56(48)49)54(50)32-42(40)28-46)58(45-22-14-35(2)15-23-45)53-27-37(4)11-17-39(53)6/h7-33H,1-6H3. The van der Waals surface area contributed by atoms with Gasteiger partial charge in [0, 0.05) is 55.7 Å². The van der Waals surface area contributed by atoms with Crippen LogP contribution in [-0.2, 0) is 0 Å². The Morgan fingerprint density at radius 3 is 1.17 bits per heavy atom. The van der Waals surface area contributed by atoms with Crippen molar-refractivity contribution < 1.29 is 0 Å². The summed E-state index contributed by atoms with van der Waals surface area (Å²) in [5, 5.41) is 10.1. The van der Waals surface area contributed by atoms with Crippen LogP contribution in [0.4, 0.5) is 34.1 Å². The van der Waals surface area contributed by atoms with Crippen LogP contribution in [0.3, 0.4) is 0 Å². The van der Waals surface area contributed by atoms with Crippen LogP contribution in [-0.4, -0.2) is 4.40 Å². The zero-order chi connectivity index (χ0) is 40.1. The zero-order valence-electron chi connectivity index (χ0n) is 34.4. The Hall–Kier alpha value is -7.10. The molecule has 0 saturated carbocycles. The predicted molar refractivity (Wildman–Crippen MR) is 254 cm³/mol. The Morgan fingerprint density at radius 1 is 0.322 bits per heavy atom. The molecule has 2 heterocycles. The number of aryl methyl sites for hydroxylation is 6. The van der Waals surface area contributed by atoms with E-state index in [-0.39, 0.29) is 0 Å². The highest BCUT2D eigenvalue weighted by molar-refractivity contribution is 6.26. The molecule has 0 atom stereocenters. The maximum Gasteiger partial charge on any atom is 0.0620 e. The normalized spacial score (nSPS) is 11.9. The fraction of sp³-hybridized carbons (Fsp3) is 0.107. The van der Waals surface area contributed by atoms with E-state index in [4.69, 9.17) is 0 Å². The molecule has 0 aliphatic rings. The molecule has 11 aromatic rings. The average Bonchev–Trinajstić information content (AvgIpc) is 3.74. The minimum Gasteiger partial charge on any atom is -0.310 e. The lowest BCUT2D eigenvalue weighted by Gasteiger charge is -2.28. The Kier molecular flexibility index (Phi) is 7.87. The van der Waals surface area contributed by atoms with Gasteiger partial charge < -0.3 is 14.2 Å². The summed E-state index contributed by atoms with van der Waals surface area (Å²) in [6, 6.07) is 61.6. The van der Waals surface area contributed by atoms with Crippen molar-refractivity contribution in [3.63, 3.8) is 0 Å². The molecule has 59 heavy (non-hydrogen) atoms. The van der Waals surface area contributed by atoms with Gasteiger partial charge in [0.15, 0.2) is 0 Å². The first kappa shape index (κ1) is 35.1. The van der Waals surface area contributed by atoms with Crippen molar-refractivity contribution in [2.45, 2.75) is 41.5 Å². The van der Waals surface area contributed by atoms with Crippen molar-refractivity contribution >= 4 is 93.8 Å². The van der Waals surface area contributed by atoms with Gasteiger partial charge in [0.2, 0.25) is 0 Å². The van der Waals surface area contributed by atoms with Gasteiger partial charge >= 0.3 is 0 Å². The SMILES string of the molecule is Cc1ccc(N(c2ccc3cc4c5cccc6c7cc8ccc(N(c9ccc(C)cc9)c9cc(C)ccc9C)cc8cc7n(c4cc3c2)c56)c2cc(C)ccc2C)cc1. The zero-order valence-corrected chi connectivity index (χ0v) is 34.4. The van der Waals surface area contributed by atoms with Gasteiger partial charge in [-0.05, 0) is 170 Å². The van der Waals surface area contributed by atoms with E-state index in [0.29, 0.717) is 0 Å². The maximum absolute atomic E-state index is 2.53. The lowest BCUT2D eigenvalue weighted by molar-refractivity contribution is 1.24. The summed E-state index contributed by atoms with van der Waals surface area (Å²) < 4.78 is 2.53. The Bertz CT molecular complexity index is 3220. The van der Waals surface area contributed by atoms with Crippen LogP contribution in [0.2, 0.25) is 0 Å². The summed E-state index contributed by atoms with van der Waals surface area (Å²) in [7, 11) is 0. The first-order valence-corrected chi connectivity index (χ1v) is 20.7. The molecule has 11 rings (SSSR count). The molecule has 2 aromatic heterocycles. The Balaban J connectivity index is 1.13. The fourth-order valence-corrected chi connectivity index (χ4v) is 9.38. The highest BCUT2D eigenvalue weighted by Gasteiger charge is 2.21. The molecule has 9 aromatic carbocycles. The number of para-hydroxylation sites is 1. The topological polar surface area (TPSA) is 10.9 Å². The molecule has 0 bridgehead atoms. The first-order chi connectivity index (χ1) is 28.7. The number of benzene rings is 9. The van der Waals surface area contributed by atoms with Gasteiger partial charge in [-0.2, -0.15) is 0 Å². The average molecular weight is 760 g/mol. The van der Waals surface area contributed by atoms with E-state index in [0.717, 1.165) is 22.7 Å². The second-order valence-corrected chi connectivity index (χ2v) is 16.8. The van der Waals surface area contributed by atoms with Crippen molar-refractivity contribution in [3.05, 3.63) is 197 Å². The first-order valence-electron chi connectivity index (χ1n) is 20.7.